The van der Waals surface area contributed by atoms with E-state index < -0.39 is 0 Å². The van der Waals surface area contributed by atoms with E-state index in [4.69, 9.17) is 4.74 Å². The molecule has 0 aliphatic carbocycles. The Hall–Kier alpha value is -0.900. The molecule has 0 bridgehead atoms. The van der Waals surface area contributed by atoms with E-state index >= 15 is 0 Å². The number of rotatable bonds is 5. The number of nitrogens with zero attached hydrogens (tertiary/aromatic N) is 1. The quantitative estimate of drug-likeness (QED) is 0.902. The summed E-state index contributed by atoms with van der Waals surface area (Å²) in [4.78, 5) is 2.63. The predicted octanol–water partition coefficient (Wildman–Crippen LogP) is 3.08. The zero-order valence-electron chi connectivity index (χ0n) is 14.1. The lowest BCUT2D eigenvalue weighted by Crippen LogP contribution is -2.61. The SMILES string of the molecule is CNC(c1ccccc1)C(C(C)C)N1CCOCC1(C)C. The summed E-state index contributed by atoms with van der Waals surface area (Å²) in [6, 6.07) is 11.6. The van der Waals surface area contributed by atoms with Gasteiger partial charge in [0, 0.05) is 24.2 Å². The van der Waals surface area contributed by atoms with Crippen LogP contribution in [-0.2, 0) is 4.74 Å². The summed E-state index contributed by atoms with van der Waals surface area (Å²) >= 11 is 0. The van der Waals surface area contributed by atoms with Crippen LogP contribution in [0.3, 0.4) is 0 Å². The highest BCUT2D eigenvalue weighted by Gasteiger charge is 2.40. The molecule has 118 valence electrons. The molecule has 0 spiro atoms. The molecule has 0 aromatic heterocycles. The zero-order valence-corrected chi connectivity index (χ0v) is 14.1. The molecule has 1 fully saturated rings. The van der Waals surface area contributed by atoms with Crippen molar-refractivity contribution in [3.63, 3.8) is 0 Å². The van der Waals surface area contributed by atoms with Crippen LogP contribution in [-0.4, -0.2) is 43.3 Å². The number of hydrogen-bond donors (Lipinski definition) is 1. The summed E-state index contributed by atoms with van der Waals surface area (Å²) in [5.74, 6) is 0.569. The Morgan fingerprint density at radius 3 is 2.38 bits per heavy atom. The summed E-state index contributed by atoms with van der Waals surface area (Å²) in [6.07, 6.45) is 0. The first-order valence-corrected chi connectivity index (χ1v) is 8.04. The fourth-order valence-corrected chi connectivity index (χ4v) is 3.54. The first-order chi connectivity index (χ1) is 9.97. The van der Waals surface area contributed by atoms with Gasteiger partial charge in [0.05, 0.1) is 13.2 Å². The molecule has 1 heterocycles. The van der Waals surface area contributed by atoms with Gasteiger partial charge in [-0.05, 0) is 32.4 Å². The molecule has 3 heteroatoms. The largest absolute Gasteiger partial charge is 0.378 e. The van der Waals surface area contributed by atoms with Gasteiger partial charge in [-0.2, -0.15) is 0 Å². The third-order valence-corrected chi connectivity index (χ3v) is 4.56. The number of morpholine rings is 1. The second-order valence-corrected chi connectivity index (χ2v) is 6.97. The van der Waals surface area contributed by atoms with E-state index in [0.717, 1.165) is 19.8 Å². The molecule has 1 saturated heterocycles. The minimum Gasteiger partial charge on any atom is -0.378 e. The summed E-state index contributed by atoms with van der Waals surface area (Å²) < 4.78 is 5.70. The Bertz CT molecular complexity index is 430. The van der Waals surface area contributed by atoms with Crippen molar-refractivity contribution in [1.29, 1.82) is 0 Å². The highest BCUT2D eigenvalue weighted by molar-refractivity contribution is 5.21. The maximum atomic E-state index is 5.70. The molecule has 1 N–H and O–H groups in total. The Labute approximate surface area is 129 Å². The minimum absolute atomic E-state index is 0.0804. The number of hydrogen-bond acceptors (Lipinski definition) is 3. The molecule has 1 aromatic carbocycles. The Balaban J connectivity index is 2.33. The molecular formula is C18H30N2O. The Morgan fingerprint density at radius 2 is 1.86 bits per heavy atom. The first kappa shape index (κ1) is 16.5. The smallest absolute Gasteiger partial charge is 0.0645 e. The molecular weight excluding hydrogens is 260 g/mol. The van der Waals surface area contributed by atoms with E-state index in [9.17, 15) is 0 Å². The fourth-order valence-electron chi connectivity index (χ4n) is 3.54. The van der Waals surface area contributed by atoms with Crippen LogP contribution in [0.4, 0.5) is 0 Å². The van der Waals surface area contributed by atoms with Crippen molar-refractivity contribution in [2.75, 3.05) is 26.8 Å². The standard InChI is InChI=1S/C18H30N2O/c1-14(2)17(20-11-12-21-13-18(20,3)4)16(19-5)15-9-7-6-8-10-15/h6-10,14,16-17,19H,11-13H2,1-5H3. The predicted molar refractivity (Wildman–Crippen MR) is 88.5 cm³/mol. The van der Waals surface area contributed by atoms with Crippen LogP contribution in [0.15, 0.2) is 30.3 Å². The molecule has 1 aliphatic heterocycles. The lowest BCUT2D eigenvalue weighted by molar-refractivity contribution is -0.0878. The van der Waals surface area contributed by atoms with E-state index in [-0.39, 0.29) is 5.54 Å². The maximum Gasteiger partial charge on any atom is 0.0645 e. The number of likely N-dealkylation sites (N-methyl/N-ethyl adjacent to an activating group) is 1. The van der Waals surface area contributed by atoms with Gasteiger partial charge in [0.2, 0.25) is 0 Å². The van der Waals surface area contributed by atoms with Gasteiger partial charge in [0.15, 0.2) is 0 Å². The van der Waals surface area contributed by atoms with Crippen molar-refractivity contribution in [3.8, 4) is 0 Å². The van der Waals surface area contributed by atoms with Gasteiger partial charge in [0.25, 0.3) is 0 Å². The van der Waals surface area contributed by atoms with Gasteiger partial charge < -0.3 is 10.1 Å². The summed E-state index contributed by atoms with van der Waals surface area (Å²) in [5, 5.41) is 3.55. The zero-order chi connectivity index (χ0) is 15.5. The van der Waals surface area contributed by atoms with Crippen molar-refractivity contribution in [3.05, 3.63) is 35.9 Å². The fraction of sp³-hybridized carbons (Fsp3) is 0.667. The number of ether oxygens (including phenoxy) is 1. The normalized spacial score (nSPS) is 22.2. The lowest BCUT2D eigenvalue weighted by Gasteiger charge is -2.50. The third-order valence-electron chi connectivity index (χ3n) is 4.56. The molecule has 1 aromatic rings. The van der Waals surface area contributed by atoms with E-state index in [2.05, 4.69) is 75.3 Å². The van der Waals surface area contributed by atoms with Crippen molar-refractivity contribution in [1.82, 2.24) is 10.2 Å². The van der Waals surface area contributed by atoms with Crippen LogP contribution in [0.1, 0.15) is 39.3 Å². The van der Waals surface area contributed by atoms with Crippen LogP contribution >= 0.6 is 0 Å². The van der Waals surface area contributed by atoms with Crippen molar-refractivity contribution >= 4 is 0 Å². The number of benzene rings is 1. The number of nitrogens with one attached hydrogen (secondary N) is 1. The van der Waals surface area contributed by atoms with Gasteiger partial charge in [-0.3, -0.25) is 4.90 Å². The Morgan fingerprint density at radius 1 is 1.19 bits per heavy atom. The maximum absolute atomic E-state index is 5.70. The molecule has 21 heavy (non-hydrogen) atoms. The van der Waals surface area contributed by atoms with E-state index in [1.165, 1.54) is 5.56 Å². The lowest BCUT2D eigenvalue weighted by atomic mass is 9.86. The Kier molecular flexibility index (Phi) is 5.42. The summed E-state index contributed by atoms with van der Waals surface area (Å²) in [7, 11) is 2.07. The second kappa shape index (κ2) is 6.91. The van der Waals surface area contributed by atoms with E-state index in [1.54, 1.807) is 0 Å². The molecule has 0 radical (unpaired) electrons. The highest BCUT2D eigenvalue weighted by atomic mass is 16.5. The van der Waals surface area contributed by atoms with Gasteiger partial charge in [0.1, 0.15) is 0 Å². The third kappa shape index (κ3) is 3.65. The van der Waals surface area contributed by atoms with Gasteiger partial charge >= 0.3 is 0 Å². The van der Waals surface area contributed by atoms with Crippen molar-refractivity contribution in [2.24, 2.45) is 5.92 Å². The minimum atomic E-state index is 0.0804. The van der Waals surface area contributed by atoms with Crippen LogP contribution in [0.25, 0.3) is 0 Å². The average Bonchev–Trinajstić information content (AvgIpc) is 2.45. The monoisotopic (exact) mass is 290 g/mol. The second-order valence-electron chi connectivity index (χ2n) is 6.97. The average molecular weight is 290 g/mol. The van der Waals surface area contributed by atoms with Crippen molar-refractivity contribution in [2.45, 2.75) is 45.3 Å². The van der Waals surface area contributed by atoms with Crippen molar-refractivity contribution < 1.29 is 4.74 Å². The van der Waals surface area contributed by atoms with Crippen LogP contribution < -0.4 is 5.32 Å². The first-order valence-electron chi connectivity index (χ1n) is 8.04. The van der Waals surface area contributed by atoms with E-state index in [0.29, 0.717) is 18.0 Å². The van der Waals surface area contributed by atoms with Crippen LogP contribution in [0, 0.1) is 5.92 Å². The van der Waals surface area contributed by atoms with Gasteiger partial charge in [-0.15, -0.1) is 0 Å². The van der Waals surface area contributed by atoms with Crippen LogP contribution in [0.2, 0.25) is 0 Å². The molecule has 2 unspecified atom stereocenters. The molecule has 2 atom stereocenters. The molecule has 1 aliphatic rings. The van der Waals surface area contributed by atoms with E-state index in [1.807, 2.05) is 0 Å². The summed E-state index contributed by atoms with van der Waals surface area (Å²) in [6.45, 7) is 11.9. The molecule has 3 nitrogen and oxygen atoms in total. The molecule has 0 amide bonds. The highest BCUT2D eigenvalue weighted by Crippen LogP contribution is 2.32. The molecule has 0 saturated carbocycles. The van der Waals surface area contributed by atoms with Crippen LogP contribution in [0.5, 0.6) is 0 Å². The topological polar surface area (TPSA) is 24.5 Å². The van der Waals surface area contributed by atoms with Gasteiger partial charge in [-0.25, -0.2) is 0 Å². The molecule has 2 rings (SSSR count). The summed E-state index contributed by atoms with van der Waals surface area (Å²) in [5.41, 5.74) is 1.44. The van der Waals surface area contributed by atoms with Gasteiger partial charge in [-0.1, -0.05) is 44.2 Å².